The van der Waals surface area contributed by atoms with E-state index in [9.17, 15) is 0 Å². The third-order valence-corrected chi connectivity index (χ3v) is 10.2. The van der Waals surface area contributed by atoms with Crippen LogP contribution in [-0.2, 0) is 0 Å². The van der Waals surface area contributed by atoms with Gasteiger partial charge in [0.25, 0.3) is 0 Å². The molecule has 9 aromatic rings. The quantitative estimate of drug-likeness (QED) is 0.169. The lowest BCUT2D eigenvalue weighted by Crippen LogP contribution is -2.01. The van der Waals surface area contributed by atoms with E-state index in [0.717, 1.165) is 71.8 Å². The summed E-state index contributed by atoms with van der Waals surface area (Å²) in [5, 5.41) is 1.00. The Kier molecular flexibility index (Phi) is 8.12. The predicted octanol–water partition coefficient (Wildman–Crippen LogP) is 11.7. The van der Waals surface area contributed by atoms with Crippen molar-refractivity contribution in [1.82, 2.24) is 19.9 Å². The molecule has 0 aliphatic rings. The average molecular weight is 686 g/mol. The molecule has 0 amide bonds. The first-order valence-electron chi connectivity index (χ1n) is 17.1. The van der Waals surface area contributed by atoms with Crippen LogP contribution in [0.4, 0.5) is 5.69 Å². The van der Waals surface area contributed by atoms with Gasteiger partial charge in [0.1, 0.15) is 5.01 Å². The Bertz CT molecular complexity index is 2680. The minimum Gasteiger partial charge on any atom is -0.398 e. The Balaban J connectivity index is 1.17. The second kappa shape index (κ2) is 13.5. The molecule has 52 heavy (non-hydrogen) atoms. The summed E-state index contributed by atoms with van der Waals surface area (Å²) in [6, 6.07) is 59.9. The Morgan fingerprint density at radius 2 is 0.827 bits per heavy atom. The normalized spacial score (nSPS) is 11.2. The second-order valence-corrected chi connectivity index (χ2v) is 13.5. The number of fused-ring (bicyclic) bond motifs is 1. The Hall–Kier alpha value is -6.76. The number of nitrogens with two attached hydrogens (primary N) is 1. The van der Waals surface area contributed by atoms with Crippen molar-refractivity contribution < 1.29 is 0 Å². The first kappa shape index (κ1) is 31.2. The van der Waals surface area contributed by atoms with Crippen LogP contribution in [0.15, 0.2) is 176 Å². The van der Waals surface area contributed by atoms with E-state index in [0.29, 0.717) is 17.5 Å². The van der Waals surface area contributed by atoms with Gasteiger partial charge in [0.15, 0.2) is 17.5 Å². The van der Waals surface area contributed by atoms with Crippen LogP contribution in [0, 0.1) is 0 Å². The molecule has 0 saturated carbocycles. The molecule has 2 aromatic heterocycles. The molecule has 0 aliphatic carbocycles. The minimum absolute atomic E-state index is 0.596. The minimum atomic E-state index is 0.596. The fourth-order valence-electron chi connectivity index (χ4n) is 6.62. The highest BCUT2D eigenvalue weighted by molar-refractivity contribution is 7.21. The molecule has 2 heterocycles. The van der Waals surface area contributed by atoms with Crippen LogP contribution in [0.25, 0.3) is 88.3 Å². The zero-order valence-corrected chi connectivity index (χ0v) is 28.8. The third-order valence-electron chi connectivity index (χ3n) is 9.16. The second-order valence-electron chi connectivity index (χ2n) is 12.5. The van der Waals surface area contributed by atoms with Crippen molar-refractivity contribution in [1.29, 1.82) is 0 Å². The van der Waals surface area contributed by atoms with Crippen LogP contribution in [-0.4, -0.2) is 19.9 Å². The van der Waals surface area contributed by atoms with E-state index >= 15 is 0 Å². The molecule has 0 aliphatic heterocycles. The van der Waals surface area contributed by atoms with E-state index in [4.69, 9.17) is 25.7 Å². The maximum Gasteiger partial charge on any atom is 0.164 e. The van der Waals surface area contributed by atoms with Gasteiger partial charge in [0.05, 0.1) is 10.2 Å². The summed E-state index contributed by atoms with van der Waals surface area (Å²) in [5.41, 5.74) is 18.3. The lowest BCUT2D eigenvalue weighted by Gasteiger charge is -2.16. The molecular formula is C46H31N5S. The largest absolute Gasteiger partial charge is 0.398 e. The number of hydrogen-bond acceptors (Lipinski definition) is 6. The van der Waals surface area contributed by atoms with E-state index < -0.39 is 0 Å². The topological polar surface area (TPSA) is 77.6 Å². The van der Waals surface area contributed by atoms with Crippen LogP contribution < -0.4 is 5.73 Å². The molecule has 6 heteroatoms. The number of aromatic nitrogens is 4. The molecule has 246 valence electrons. The summed E-state index contributed by atoms with van der Waals surface area (Å²) >= 11 is 1.71. The van der Waals surface area contributed by atoms with Gasteiger partial charge in [-0.3, -0.25) is 0 Å². The number of para-hydroxylation sites is 2. The van der Waals surface area contributed by atoms with Crippen molar-refractivity contribution >= 4 is 27.2 Å². The van der Waals surface area contributed by atoms with E-state index in [1.165, 1.54) is 4.70 Å². The first-order chi connectivity index (χ1) is 25.7. The summed E-state index contributed by atoms with van der Waals surface area (Å²) in [6.45, 7) is 0. The Labute approximate surface area is 305 Å². The van der Waals surface area contributed by atoms with Gasteiger partial charge in [0, 0.05) is 33.5 Å². The molecule has 0 radical (unpaired) electrons. The number of anilines is 1. The molecule has 0 bridgehead atoms. The van der Waals surface area contributed by atoms with Gasteiger partial charge in [-0.2, -0.15) is 0 Å². The standard InChI is InChI=1S/C46H31N5S/c47-40-25-9-8-23-38(40)36-21-5-4-20-35(36)37-22-6-7-24-39(37)45-50-43(30-14-2-1-3-15-30)49-44(51-45)33-18-12-16-31(28-33)32-17-13-19-34(29-32)46-48-41-26-10-11-27-42(41)52-46/h1-29H,47H2. The average Bonchev–Trinajstić information content (AvgIpc) is 3.66. The maximum atomic E-state index is 6.49. The van der Waals surface area contributed by atoms with Gasteiger partial charge in [-0.05, 0) is 58.1 Å². The van der Waals surface area contributed by atoms with Crippen molar-refractivity contribution in [2.45, 2.75) is 0 Å². The summed E-state index contributed by atoms with van der Waals surface area (Å²) in [5.74, 6) is 1.81. The Morgan fingerprint density at radius 1 is 0.346 bits per heavy atom. The van der Waals surface area contributed by atoms with Gasteiger partial charge < -0.3 is 5.73 Å². The van der Waals surface area contributed by atoms with Gasteiger partial charge in [-0.25, -0.2) is 19.9 Å². The lowest BCUT2D eigenvalue weighted by atomic mass is 9.91. The fraction of sp³-hybridized carbons (Fsp3) is 0. The predicted molar refractivity (Wildman–Crippen MR) is 215 cm³/mol. The van der Waals surface area contributed by atoms with E-state index in [2.05, 4.69) is 109 Å². The number of hydrogen-bond donors (Lipinski definition) is 1. The molecule has 2 N–H and O–H groups in total. The zero-order valence-electron chi connectivity index (χ0n) is 28.0. The highest BCUT2D eigenvalue weighted by Gasteiger charge is 2.18. The molecular weight excluding hydrogens is 655 g/mol. The molecule has 5 nitrogen and oxygen atoms in total. The van der Waals surface area contributed by atoms with Crippen LogP contribution in [0.2, 0.25) is 0 Å². The number of thiazole rings is 1. The molecule has 0 spiro atoms. The molecule has 7 aromatic carbocycles. The van der Waals surface area contributed by atoms with Crippen LogP contribution in [0.3, 0.4) is 0 Å². The molecule has 0 fully saturated rings. The number of rotatable bonds is 7. The van der Waals surface area contributed by atoms with Crippen molar-refractivity contribution in [2.24, 2.45) is 0 Å². The summed E-state index contributed by atoms with van der Waals surface area (Å²) in [4.78, 5) is 20.2. The highest BCUT2D eigenvalue weighted by atomic mass is 32.1. The van der Waals surface area contributed by atoms with E-state index in [1.807, 2.05) is 66.7 Å². The van der Waals surface area contributed by atoms with Gasteiger partial charge in [-0.1, -0.05) is 146 Å². The SMILES string of the molecule is Nc1ccccc1-c1ccccc1-c1ccccc1-c1nc(-c2ccccc2)nc(-c2cccc(-c3cccc(-c4nc5ccccc5s4)c3)c2)n1. The van der Waals surface area contributed by atoms with Crippen LogP contribution in [0.5, 0.6) is 0 Å². The van der Waals surface area contributed by atoms with Crippen molar-refractivity contribution in [3.63, 3.8) is 0 Å². The third kappa shape index (κ3) is 6.02. The molecule has 9 rings (SSSR count). The number of nitrogen functional groups attached to an aromatic ring is 1. The maximum absolute atomic E-state index is 6.49. The van der Waals surface area contributed by atoms with Crippen LogP contribution in [0.1, 0.15) is 0 Å². The van der Waals surface area contributed by atoms with Gasteiger partial charge in [0.2, 0.25) is 0 Å². The monoisotopic (exact) mass is 685 g/mol. The van der Waals surface area contributed by atoms with E-state index in [-0.39, 0.29) is 0 Å². The van der Waals surface area contributed by atoms with Crippen molar-refractivity contribution in [3.05, 3.63) is 176 Å². The lowest BCUT2D eigenvalue weighted by molar-refractivity contribution is 1.07. The summed E-state index contributed by atoms with van der Waals surface area (Å²) in [6.07, 6.45) is 0. The van der Waals surface area contributed by atoms with Crippen molar-refractivity contribution in [3.8, 4) is 78.1 Å². The fourth-order valence-corrected chi connectivity index (χ4v) is 7.58. The molecule has 0 saturated heterocycles. The number of nitrogens with zero attached hydrogens (tertiary/aromatic N) is 4. The Morgan fingerprint density at radius 3 is 1.54 bits per heavy atom. The number of benzene rings is 7. The summed E-state index contributed by atoms with van der Waals surface area (Å²) in [7, 11) is 0. The highest BCUT2D eigenvalue weighted by Crippen LogP contribution is 2.40. The van der Waals surface area contributed by atoms with E-state index in [1.54, 1.807) is 11.3 Å². The zero-order chi connectivity index (χ0) is 34.9. The first-order valence-corrected chi connectivity index (χ1v) is 17.9. The molecule has 0 atom stereocenters. The van der Waals surface area contributed by atoms with Crippen molar-refractivity contribution in [2.75, 3.05) is 5.73 Å². The summed E-state index contributed by atoms with van der Waals surface area (Å²) < 4.78 is 1.18. The van der Waals surface area contributed by atoms with Gasteiger partial charge >= 0.3 is 0 Å². The smallest absolute Gasteiger partial charge is 0.164 e. The molecule has 0 unspecified atom stereocenters. The van der Waals surface area contributed by atoms with Crippen LogP contribution >= 0.6 is 11.3 Å². The van der Waals surface area contributed by atoms with Gasteiger partial charge in [-0.15, -0.1) is 11.3 Å².